The van der Waals surface area contributed by atoms with E-state index in [1.165, 1.54) is 10.5 Å². The molecule has 2 aromatic rings. The lowest BCUT2D eigenvalue weighted by Crippen LogP contribution is -2.05. The van der Waals surface area contributed by atoms with Gasteiger partial charge in [0.2, 0.25) is 0 Å². The molecule has 0 fully saturated rings. The van der Waals surface area contributed by atoms with Crippen molar-refractivity contribution in [2.24, 2.45) is 7.05 Å². The van der Waals surface area contributed by atoms with Crippen LogP contribution in [0.25, 0.3) is 0 Å². The van der Waals surface area contributed by atoms with Crippen molar-refractivity contribution in [3.8, 4) is 0 Å². The maximum Gasteiger partial charge on any atom is 0.0629 e. The van der Waals surface area contributed by atoms with Gasteiger partial charge < -0.3 is 5.32 Å². The van der Waals surface area contributed by atoms with Crippen LogP contribution < -0.4 is 5.32 Å². The Bertz CT molecular complexity index is 510. The average molecular weight is 268 g/mol. The van der Waals surface area contributed by atoms with E-state index >= 15 is 0 Å². The molecule has 0 unspecified atom stereocenters. The van der Waals surface area contributed by atoms with Gasteiger partial charge in [0.15, 0.2) is 0 Å². The minimum atomic E-state index is 0.760. The van der Waals surface area contributed by atoms with Crippen LogP contribution in [0.4, 0.5) is 0 Å². The Hall–Kier alpha value is -0.970. The molecule has 1 heterocycles. The first-order valence-electron chi connectivity index (χ1n) is 5.28. The second-order valence-electron chi connectivity index (χ2n) is 3.73. The molecule has 1 aromatic heterocycles. The lowest BCUT2D eigenvalue weighted by molar-refractivity contribution is 0.766. The van der Waals surface area contributed by atoms with Gasteiger partial charge in [0.1, 0.15) is 0 Å². The smallest absolute Gasteiger partial charge is 0.0629 e. The predicted molar refractivity (Wildman–Crippen MR) is 71.5 cm³/mol. The molecule has 17 heavy (non-hydrogen) atoms. The summed E-state index contributed by atoms with van der Waals surface area (Å²) in [4.78, 5) is 2.28. The van der Waals surface area contributed by atoms with Crippen LogP contribution in [0.3, 0.4) is 0 Å². The molecule has 0 aliphatic rings. The second kappa shape index (κ2) is 5.58. The number of rotatable bonds is 4. The van der Waals surface area contributed by atoms with E-state index in [9.17, 15) is 0 Å². The van der Waals surface area contributed by atoms with E-state index in [0.29, 0.717) is 0 Å². The van der Waals surface area contributed by atoms with Crippen LogP contribution in [0.15, 0.2) is 40.4 Å². The molecule has 0 atom stereocenters. The molecule has 2 rings (SSSR count). The summed E-state index contributed by atoms with van der Waals surface area (Å²) in [6.07, 6.45) is 3.85. The van der Waals surface area contributed by atoms with E-state index in [4.69, 9.17) is 11.6 Å². The van der Waals surface area contributed by atoms with Gasteiger partial charge in [-0.05, 0) is 24.7 Å². The maximum atomic E-state index is 6.03. The first kappa shape index (κ1) is 12.5. The minimum absolute atomic E-state index is 0.760. The summed E-state index contributed by atoms with van der Waals surface area (Å²) < 4.78 is 1.80. The molecule has 0 aliphatic heterocycles. The lowest BCUT2D eigenvalue weighted by atomic mass is 10.2. The van der Waals surface area contributed by atoms with Gasteiger partial charge in [-0.15, -0.1) is 0 Å². The van der Waals surface area contributed by atoms with Crippen LogP contribution in [0.1, 0.15) is 5.56 Å². The fourth-order valence-electron chi connectivity index (χ4n) is 1.54. The largest absolute Gasteiger partial charge is 0.316 e. The van der Waals surface area contributed by atoms with Crippen molar-refractivity contribution >= 4 is 23.4 Å². The Kier molecular flexibility index (Phi) is 4.10. The van der Waals surface area contributed by atoms with Crippen molar-refractivity contribution in [1.29, 1.82) is 0 Å². The Balaban J connectivity index is 2.26. The predicted octanol–water partition coefficient (Wildman–Crippen LogP) is 2.94. The molecule has 0 saturated carbocycles. The fraction of sp³-hybridized carbons (Fsp3) is 0.250. The summed E-state index contributed by atoms with van der Waals surface area (Å²) in [5.74, 6) is 0. The topological polar surface area (TPSA) is 29.9 Å². The third-order valence-corrected chi connectivity index (χ3v) is 3.59. The van der Waals surface area contributed by atoms with Gasteiger partial charge in [0.25, 0.3) is 0 Å². The van der Waals surface area contributed by atoms with Gasteiger partial charge in [-0.3, -0.25) is 4.68 Å². The molecule has 1 aromatic carbocycles. The first-order chi connectivity index (χ1) is 8.19. The van der Waals surface area contributed by atoms with Crippen molar-refractivity contribution in [1.82, 2.24) is 15.1 Å². The number of aromatic nitrogens is 2. The summed E-state index contributed by atoms with van der Waals surface area (Å²) in [6.45, 7) is 0.833. The zero-order valence-electron chi connectivity index (χ0n) is 9.77. The Morgan fingerprint density at radius 1 is 1.47 bits per heavy atom. The molecule has 0 amide bonds. The SMILES string of the molecule is CNCc1ccc(Cl)cc1Sc1cnn(C)c1. The molecule has 0 spiro atoms. The maximum absolute atomic E-state index is 6.03. The van der Waals surface area contributed by atoms with E-state index in [1.807, 2.05) is 38.6 Å². The molecular formula is C12H14ClN3S. The molecule has 5 heteroatoms. The van der Waals surface area contributed by atoms with Crippen molar-refractivity contribution in [2.45, 2.75) is 16.3 Å². The van der Waals surface area contributed by atoms with Gasteiger partial charge in [0.05, 0.1) is 11.1 Å². The normalized spacial score (nSPS) is 10.8. The zero-order valence-corrected chi connectivity index (χ0v) is 11.3. The molecule has 90 valence electrons. The number of nitrogens with one attached hydrogen (secondary N) is 1. The Morgan fingerprint density at radius 2 is 2.29 bits per heavy atom. The van der Waals surface area contributed by atoms with Gasteiger partial charge in [-0.1, -0.05) is 29.4 Å². The number of hydrogen-bond donors (Lipinski definition) is 1. The number of aryl methyl sites for hydroxylation is 1. The van der Waals surface area contributed by atoms with Crippen LogP contribution in [-0.4, -0.2) is 16.8 Å². The standard InChI is InChI=1S/C12H14ClN3S/c1-14-6-9-3-4-10(13)5-12(9)17-11-7-15-16(2)8-11/h3-5,7-8,14H,6H2,1-2H3. The second-order valence-corrected chi connectivity index (χ2v) is 5.29. The van der Waals surface area contributed by atoms with E-state index in [-0.39, 0.29) is 0 Å². The minimum Gasteiger partial charge on any atom is -0.316 e. The first-order valence-corrected chi connectivity index (χ1v) is 6.48. The van der Waals surface area contributed by atoms with Gasteiger partial charge >= 0.3 is 0 Å². The van der Waals surface area contributed by atoms with Crippen LogP contribution in [-0.2, 0) is 13.6 Å². The Labute approximate surface area is 110 Å². The van der Waals surface area contributed by atoms with Gasteiger partial charge in [-0.25, -0.2) is 0 Å². The van der Waals surface area contributed by atoms with Crippen molar-refractivity contribution < 1.29 is 0 Å². The molecule has 3 nitrogen and oxygen atoms in total. The summed E-state index contributed by atoms with van der Waals surface area (Å²) >= 11 is 7.72. The molecule has 0 aliphatic carbocycles. The van der Waals surface area contributed by atoms with Crippen molar-refractivity contribution in [3.05, 3.63) is 41.2 Å². The highest BCUT2D eigenvalue weighted by molar-refractivity contribution is 7.99. The van der Waals surface area contributed by atoms with E-state index in [1.54, 1.807) is 16.4 Å². The van der Waals surface area contributed by atoms with Crippen LogP contribution >= 0.6 is 23.4 Å². The lowest BCUT2D eigenvalue weighted by Gasteiger charge is -2.08. The van der Waals surface area contributed by atoms with Crippen molar-refractivity contribution in [2.75, 3.05) is 7.05 Å². The Morgan fingerprint density at radius 3 is 2.94 bits per heavy atom. The van der Waals surface area contributed by atoms with Crippen LogP contribution in [0.5, 0.6) is 0 Å². The highest BCUT2D eigenvalue weighted by Gasteiger charge is 2.06. The number of halogens is 1. The fourth-order valence-corrected chi connectivity index (χ4v) is 2.79. The molecule has 0 bridgehead atoms. The van der Waals surface area contributed by atoms with Crippen molar-refractivity contribution in [3.63, 3.8) is 0 Å². The number of nitrogens with zero attached hydrogens (tertiary/aromatic N) is 2. The third kappa shape index (κ3) is 3.25. The third-order valence-electron chi connectivity index (χ3n) is 2.31. The molecule has 0 saturated heterocycles. The summed E-state index contributed by atoms with van der Waals surface area (Å²) in [5, 5.41) is 8.08. The summed E-state index contributed by atoms with van der Waals surface area (Å²) in [5.41, 5.74) is 1.24. The molecular weight excluding hydrogens is 254 g/mol. The van der Waals surface area contributed by atoms with E-state index in [0.717, 1.165) is 16.5 Å². The van der Waals surface area contributed by atoms with Gasteiger partial charge in [0, 0.05) is 29.7 Å². The monoisotopic (exact) mass is 267 g/mol. The summed E-state index contributed by atoms with van der Waals surface area (Å²) in [6, 6.07) is 5.96. The number of benzene rings is 1. The number of hydrogen-bond acceptors (Lipinski definition) is 3. The highest BCUT2D eigenvalue weighted by Crippen LogP contribution is 2.32. The summed E-state index contributed by atoms with van der Waals surface area (Å²) in [7, 11) is 3.85. The average Bonchev–Trinajstić information content (AvgIpc) is 2.68. The zero-order chi connectivity index (χ0) is 12.3. The van der Waals surface area contributed by atoms with Crippen LogP contribution in [0.2, 0.25) is 5.02 Å². The van der Waals surface area contributed by atoms with Crippen LogP contribution in [0, 0.1) is 0 Å². The highest BCUT2D eigenvalue weighted by atomic mass is 35.5. The molecule has 0 radical (unpaired) electrons. The van der Waals surface area contributed by atoms with E-state index in [2.05, 4.69) is 16.5 Å². The van der Waals surface area contributed by atoms with E-state index < -0.39 is 0 Å². The molecule has 1 N–H and O–H groups in total. The quantitative estimate of drug-likeness (QED) is 0.924. The van der Waals surface area contributed by atoms with Gasteiger partial charge in [-0.2, -0.15) is 5.10 Å².